The third-order valence-electron chi connectivity index (χ3n) is 2.46. The molecule has 0 fully saturated rings. The maximum Gasteiger partial charge on any atom is 0.257 e. The van der Waals surface area contributed by atoms with Gasteiger partial charge >= 0.3 is 0 Å². The van der Waals surface area contributed by atoms with Crippen LogP contribution in [-0.2, 0) is 0 Å². The van der Waals surface area contributed by atoms with Crippen LogP contribution in [0, 0.1) is 0 Å². The maximum atomic E-state index is 12.0. The molecule has 0 atom stereocenters. The van der Waals surface area contributed by atoms with Gasteiger partial charge in [0.05, 0.1) is 22.5 Å². The van der Waals surface area contributed by atoms with Crippen LogP contribution in [0.15, 0.2) is 42.7 Å². The van der Waals surface area contributed by atoms with Gasteiger partial charge in [0, 0.05) is 12.4 Å². The van der Waals surface area contributed by atoms with E-state index < -0.39 is 11.8 Å². The average molecular weight is 256 g/mol. The summed E-state index contributed by atoms with van der Waals surface area (Å²) in [6.07, 6.45) is 2.83. The van der Waals surface area contributed by atoms with Crippen LogP contribution in [0.2, 0.25) is 0 Å². The summed E-state index contributed by atoms with van der Waals surface area (Å²) in [5.74, 6) is -1.02. The lowest BCUT2D eigenvalue weighted by Gasteiger charge is -2.08. The Kier molecular flexibility index (Phi) is 3.42. The van der Waals surface area contributed by atoms with E-state index in [1.165, 1.54) is 24.5 Å². The third-order valence-corrected chi connectivity index (χ3v) is 2.46. The SMILES string of the molecule is NC(=O)c1ccccc1NC(=O)c1cncc(N)c1. The largest absolute Gasteiger partial charge is 0.397 e. The Morgan fingerprint density at radius 1 is 1.16 bits per heavy atom. The minimum absolute atomic E-state index is 0.243. The van der Waals surface area contributed by atoms with Crippen LogP contribution >= 0.6 is 0 Å². The van der Waals surface area contributed by atoms with E-state index >= 15 is 0 Å². The fraction of sp³-hybridized carbons (Fsp3) is 0. The van der Waals surface area contributed by atoms with Crippen LogP contribution in [-0.4, -0.2) is 16.8 Å². The lowest BCUT2D eigenvalue weighted by atomic mass is 10.1. The highest BCUT2D eigenvalue weighted by Crippen LogP contribution is 2.15. The molecule has 0 aliphatic heterocycles. The molecular weight excluding hydrogens is 244 g/mol. The number of nitrogens with zero attached hydrogens (tertiary/aromatic N) is 1. The van der Waals surface area contributed by atoms with Gasteiger partial charge < -0.3 is 16.8 Å². The van der Waals surface area contributed by atoms with E-state index in [2.05, 4.69) is 10.3 Å². The Hall–Kier alpha value is -2.89. The standard InChI is InChI=1S/C13H12N4O2/c14-9-5-8(6-16-7-9)13(19)17-11-4-2-1-3-10(11)12(15)18/h1-7H,14H2,(H2,15,18)(H,17,19). The number of hydrogen-bond acceptors (Lipinski definition) is 4. The first kappa shape index (κ1) is 12.6. The molecule has 0 aliphatic carbocycles. The van der Waals surface area contributed by atoms with E-state index in [9.17, 15) is 9.59 Å². The second-order valence-corrected chi connectivity index (χ2v) is 3.87. The van der Waals surface area contributed by atoms with Crippen molar-refractivity contribution in [3.63, 3.8) is 0 Å². The number of carbonyl (C=O) groups excluding carboxylic acids is 2. The summed E-state index contributed by atoms with van der Waals surface area (Å²) in [4.78, 5) is 27.0. The zero-order valence-corrected chi connectivity index (χ0v) is 9.96. The van der Waals surface area contributed by atoms with E-state index in [0.717, 1.165) is 0 Å². The van der Waals surface area contributed by atoms with Crippen molar-refractivity contribution in [2.24, 2.45) is 5.73 Å². The van der Waals surface area contributed by atoms with Crippen LogP contribution in [0.5, 0.6) is 0 Å². The highest BCUT2D eigenvalue weighted by molar-refractivity contribution is 6.08. The number of para-hydroxylation sites is 1. The van der Waals surface area contributed by atoms with Crippen molar-refractivity contribution in [3.05, 3.63) is 53.9 Å². The first-order chi connectivity index (χ1) is 9.08. The number of pyridine rings is 1. The van der Waals surface area contributed by atoms with Gasteiger partial charge in [-0.05, 0) is 18.2 Å². The molecule has 2 amide bonds. The van der Waals surface area contributed by atoms with Gasteiger partial charge in [0.2, 0.25) is 0 Å². The summed E-state index contributed by atoms with van der Waals surface area (Å²) in [5.41, 5.74) is 12.1. The Morgan fingerprint density at radius 2 is 1.89 bits per heavy atom. The Morgan fingerprint density at radius 3 is 2.58 bits per heavy atom. The average Bonchev–Trinajstić information content (AvgIpc) is 2.39. The van der Waals surface area contributed by atoms with E-state index in [4.69, 9.17) is 11.5 Å². The lowest BCUT2D eigenvalue weighted by molar-refractivity contribution is 0.100. The first-order valence-electron chi connectivity index (χ1n) is 5.48. The van der Waals surface area contributed by atoms with Gasteiger partial charge in [-0.25, -0.2) is 0 Å². The monoisotopic (exact) mass is 256 g/mol. The minimum Gasteiger partial charge on any atom is -0.397 e. The number of nitrogens with one attached hydrogen (secondary N) is 1. The Labute approximate surface area is 109 Å². The fourth-order valence-corrected chi connectivity index (χ4v) is 1.58. The number of anilines is 2. The van der Waals surface area contributed by atoms with E-state index in [0.29, 0.717) is 16.9 Å². The number of amides is 2. The number of benzene rings is 1. The van der Waals surface area contributed by atoms with Crippen molar-refractivity contribution in [2.45, 2.75) is 0 Å². The zero-order valence-electron chi connectivity index (χ0n) is 9.96. The van der Waals surface area contributed by atoms with E-state index in [-0.39, 0.29) is 5.56 Å². The molecule has 0 bridgehead atoms. The molecule has 0 unspecified atom stereocenters. The third kappa shape index (κ3) is 2.86. The summed E-state index contributed by atoms with van der Waals surface area (Å²) in [6.45, 7) is 0. The molecule has 5 N–H and O–H groups in total. The Balaban J connectivity index is 2.27. The molecule has 2 aromatic rings. The van der Waals surface area contributed by atoms with Crippen LogP contribution in [0.25, 0.3) is 0 Å². The maximum absolute atomic E-state index is 12.0. The summed E-state index contributed by atoms with van der Waals surface area (Å²) in [5, 5.41) is 2.60. The molecule has 0 radical (unpaired) electrons. The van der Waals surface area contributed by atoms with E-state index in [1.807, 2.05) is 0 Å². The van der Waals surface area contributed by atoms with Crippen molar-refractivity contribution in [1.82, 2.24) is 4.98 Å². The quantitative estimate of drug-likeness (QED) is 0.761. The second-order valence-electron chi connectivity index (χ2n) is 3.87. The van der Waals surface area contributed by atoms with Gasteiger partial charge in [0.1, 0.15) is 0 Å². The number of nitrogens with two attached hydrogens (primary N) is 2. The predicted molar refractivity (Wildman–Crippen MR) is 71.6 cm³/mol. The molecule has 0 aliphatic rings. The molecule has 1 aromatic heterocycles. The van der Waals surface area contributed by atoms with Crippen molar-refractivity contribution in [1.29, 1.82) is 0 Å². The van der Waals surface area contributed by atoms with Crippen molar-refractivity contribution < 1.29 is 9.59 Å². The van der Waals surface area contributed by atoms with Crippen molar-refractivity contribution in [2.75, 3.05) is 11.1 Å². The first-order valence-corrected chi connectivity index (χ1v) is 5.48. The second kappa shape index (κ2) is 5.18. The van der Waals surface area contributed by atoms with Crippen LogP contribution in [0.3, 0.4) is 0 Å². The zero-order chi connectivity index (χ0) is 13.8. The lowest BCUT2D eigenvalue weighted by Crippen LogP contribution is -2.18. The smallest absolute Gasteiger partial charge is 0.257 e. The number of rotatable bonds is 3. The van der Waals surface area contributed by atoms with Crippen LogP contribution < -0.4 is 16.8 Å². The predicted octanol–water partition coefficient (Wildman–Crippen LogP) is 1.02. The van der Waals surface area contributed by atoms with E-state index in [1.54, 1.807) is 18.2 Å². The van der Waals surface area contributed by atoms with Crippen LogP contribution in [0.4, 0.5) is 11.4 Å². The van der Waals surface area contributed by atoms with Gasteiger partial charge in [-0.15, -0.1) is 0 Å². The number of aromatic nitrogens is 1. The molecular formula is C13H12N4O2. The molecule has 1 heterocycles. The molecule has 2 rings (SSSR count). The molecule has 0 saturated carbocycles. The van der Waals surface area contributed by atoms with Gasteiger partial charge in [-0.3, -0.25) is 14.6 Å². The van der Waals surface area contributed by atoms with Crippen molar-refractivity contribution in [3.8, 4) is 0 Å². The highest BCUT2D eigenvalue weighted by Gasteiger charge is 2.12. The van der Waals surface area contributed by atoms with Gasteiger partial charge in [-0.1, -0.05) is 12.1 Å². The summed E-state index contributed by atoms with van der Waals surface area (Å²) < 4.78 is 0. The highest BCUT2D eigenvalue weighted by atomic mass is 16.2. The molecule has 0 saturated heterocycles. The Bertz CT molecular complexity index is 640. The fourth-order valence-electron chi connectivity index (χ4n) is 1.58. The van der Waals surface area contributed by atoms with Gasteiger partial charge in [0.15, 0.2) is 0 Å². The minimum atomic E-state index is -0.610. The normalized spacial score (nSPS) is 9.89. The molecule has 6 nitrogen and oxygen atoms in total. The summed E-state index contributed by atoms with van der Waals surface area (Å²) in [7, 11) is 0. The van der Waals surface area contributed by atoms with Gasteiger partial charge in [0.25, 0.3) is 11.8 Å². The molecule has 19 heavy (non-hydrogen) atoms. The van der Waals surface area contributed by atoms with Gasteiger partial charge in [-0.2, -0.15) is 0 Å². The number of carbonyl (C=O) groups is 2. The number of nitrogen functional groups attached to an aromatic ring is 1. The molecule has 0 spiro atoms. The number of hydrogen-bond donors (Lipinski definition) is 3. The molecule has 6 heteroatoms. The number of primary amides is 1. The van der Waals surface area contributed by atoms with Crippen LogP contribution in [0.1, 0.15) is 20.7 Å². The molecule has 96 valence electrons. The topological polar surface area (TPSA) is 111 Å². The molecule has 1 aromatic carbocycles. The summed E-state index contributed by atoms with van der Waals surface area (Å²) in [6, 6.07) is 7.99. The van der Waals surface area contributed by atoms with Crippen molar-refractivity contribution >= 4 is 23.2 Å². The summed E-state index contributed by atoms with van der Waals surface area (Å²) >= 11 is 0.